The predicted octanol–water partition coefficient (Wildman–Crippen LogP) is 5.08. The predicted molar refractivity (Wildman–Crippen MR) is 140 cm³/mol. The molecule has 1 aromatic heterocycles. The van der Waals surface area contributed by atoms with Crippen LogP contribution in [0, 0.1) is 5.92 Å². The number of pyridine rings is 1. The number of aromatic nitrogens is 1. The van der Waals surface area contributed by atoms with Crippen molar-refractivity contribution in [1.82, 2.24) is 15.2 Å². The van der Waals surface area contributed by atoms with Crippen LogP contribution in [-0.2, 0) is 29.2 Å². The number of nitrogens with zero attached hydrogens (tertiary/aromatic N) is 2. The zero-order valence-corrected chi connectivity index (χ0v) is 21.3. The molecule has 1 aliphatic heterocycles. The van der Waals surface area contributed by atoms with Gasteiger partial charge in [-0.3, -0.25) is 18.9 Å². The highest BCUT2D eigenvalue weighted by molar-refractivity contribution is 7.99. The molecule has 2 heterocycles. The normalized spacial score (nSPS) is 17.4. The Kier molecular flexibility index (Phi) is 7.12. The molecule has 5 nitrogen and oxygen atoms in total. The number of hydrogen-bond acceptors (Lipinski definition) is 4. The Hall–Kier alpha value is -2.67. The van der Waals surface area contributed by atoms with Gasteiger partial charge in [0.05, 0.1) is 17.3 Å². The van der Waals surface area contributed by atoms with Gasteiger partial charge in [-0.2, -0.15) is 0 Å². The number of amides is 1. The molecular formula is C27H30ClN3O2S. The molecule has 0 radical (unpaired) electrons. The van der Waals surface area contributed by atoms with Crippen LogP contribution < -0.4 is 5.32 Å². The highest BCUT2D eigenvalue weighted by Crippen LogP contribution is 2.38. The second-order valence-corrected chi connectivity index (χ2v) is 12.2. The van der Waals surface area contributed by atoms with Gasteiger partial charge >= 0.3 is 0 Å². The Balaban J connectivity index is 1.46. The maximum Gasteiger partial charge on any atom is 0.253 e. The van der Waals surface area contributed by atoms with E-state index in [2.05, 4.69) is 42.1 Å². The third-order valence-corrected chi connectivity index (χ3v) is 7.64. The fourth-order valence-corrected chi connectivity index (χ4v) is 5.26. The first-order valence-corrected chi connectivity index (χ1v) is 13.8. The van der Waals surface area contributed by atoms with Crippen molar-refractivity contribution in [3.8, 4) is 0 Å². The van der Waals surface area contributed by atoms with E-state index in [9.17, 15) is 9.00 Å². The van der Waals surface area contributed by atoms with Crippen molar-refractivity contribution in [3.05, 3.63) is 93.8 Å². The molecule has 0 fully saturated rings. The summed E-state index contributed by atoms with van der Waals surface area (Å²) in [5, 5.41) is 3.69. The molecule has 1 aliphatic rings. The number of benzene rings is 2. The lowest BCUT2D eigenvalue weighted by Gasteiger charge is -2.27. The monoisotopic (exact) mass is 495 g/mol. The molecule has 1 N–H and O–H groups in total. The Labute approximate surface area is 207 Å². The van der Waals surface area contributed by atoms with E-state index in [1.165, 1.54) is 5.56 Å². The molecule has 7 heteroatoms. The number of carbonyl (C=O) groups excluding carboxylic acids is 1. The zero-order chi connectivity index (χ0) is 24.5. The van der Waals surface area contributed by atoms with Crippen molar-refractivity contribution in [1.29, 1.82) is 0 Å². The standard InChI is InChI=1S/C27H30ClN3O2S/c1-18(2)26-25-22(17-31(26)16-20-5-9-23(28)10-6-20)13-21(15-29-25)27(32)30-14-19-7-11-24(12-8-19)34(3,4)33/h5-13,15,18,26H,3,14,16-17H2,1-2,4H3,(H,30,32)/t26-,34?/m0/s1. The molecule has 2 aromatic carbocycles. The summed E-state index contributed by atoms with van der Waals surface area (Å²) in [5.74, 6) is 3.93. The van der Waals surface area contributed by atoms with Crippen molar-refractivity contribution in [3.63, 3.8) is 0 Å². The number of nitrogens with one attached hydrogen (secondary N) is 1. The Morgan fingerprint density at radius 1 is 1.18 bits per heavy atom. The van der Waals surface area contributed by atoms with Crippen molar-refractivity contribution in [2.24, 2.45) is 5.92 Å². The van der Waals surface area contributed by atoms with Crippen LogP contribution in [0.1, 0.15) is 52.6 Å². The summed E-state index contributed by atoms with van der Waals surface area (Å²) in [5.41, 5.74) is 4.83. The van der Waals surface area contributed by atoms with Crippen molar-refractivity contribution >= 4 is 32.9 Å². The highest BCUT2D eigenvalue weighted by atomic mass is 35.5. The van der Waals surface area contributed by atoms with Crippen molar-refractivity contribution < 1.29 is 9.00 Å². The van der Waals surface area contributed by atoms with E-state index in [0.717, 1.165) is 34.9 Å². The van der Waals surface area contributed by atoms with Crippen LogP contribution in [0.2, 0.25) is 5.02 Å². The van der Waals surface area contributed by atoms with E-state index in [1.54, 1.807) is 24.6 Å². The molecular weight excluding hydrogens is 466 g/mol. The summed E-state index contributed by atoms with van der Waals surface area (Å²) in [6.07, 6.45) is 3.29. The molecule has 3 aromatic rings. The molecule has 0 bridgehead atoms. The largest absolute Gasteiger partial charge is 0.348 e. The van der Waals surface area contributed by atoms with Crippen LogP contribution in [0.4, 0.5) is 0 Å². The average molecular weight is 496 g/mol. The molecule has 1 unspecified atom stereocenters. The van der Waals surface area contributed by atoms with Crippen LogP contribution in [-0.4, -0.2) is 32.1 Å². The van der Waals surface area contributed by atoms with Crippen LogP contribution >= 0.6 is 11.6 Å². The topological polar surface area (TPSA) is 62.3 Å². The third-order valence-electron chi connectivity index (χ3n) is 6.12. The summed E-state index contributed by atoms with van der Waals surface area (Å²) in [4.78, 5) is 20.7. The van der Waals surface area contributed by atoms with E-state index in [4.69, 9.17) is 16.6 Å². The number of hydrogen-bond donors (Lipinski definition) is 1. The van der Waals surface area contributed by atoms with Gasteiger partial charge in [0, 0.05) is 42.0 Å². The van der Waals surface area contributed by atoms with Crippen LogP contribution in [0.25, 0.3) is 0 Å². The van der Waals surface area contributed by atoms with E-state index in [0.29, 0.717) is 22.9 Å². The third kappa shape index (κ3) is 5.52. The van der Waals surface area contributed by atoms with E-state index < -0.39 is 9.52 Å². The number of carbonyl (C=O) groups is 1. The maximum absolute atomic E-state index is 12.8. The molecule has 0 saturated heterocycles. The van der Waals surface area contributed by atoms with Crippen LogP contribution in [0.15, 0.2) is 65.7 Å². The SMILES string of the molecule is C=S(C)(=O)c1ccc(CNC(=O)c2cnc3c(c2)CN(Cc2ccc(Cl)cc2)[C@H]3C(C)C)cc1. The van der Waals surface area contributed by atoms with Gasteiger partial charge < -0.3 is 5.32 Å². The molecule has 2 atom stereocenters. The number of fused-ring (bicyclic) bond motifs is 1. The lowest BCUT2D eigenvalue weighted by atomic mass is 9.99. The molecule has 1 amide bonds. The van der Waals surface area contributed by atoms with Gasteiger partial charge in [-0.05, 0) is 68.3 Å². The van der Waals surface area contributed by atoms with E-state index in [1.807, 2.05) is 30.3 Å². The van der Waals surface area contributed by atoms with Crippen LogP contribution in [0.5, 0.6) is 0 Å². The molecule has 0 saturated carbocycles. The maximum atomic E-state index is 12.8. The summed E-state index contributed by atoms with van der Waals surface area (Å²) < 4.78 is 12.1. The average Bonchev–Trinajstić information content (AvgIpc) is 3.16. The van der Waals surface area contributed by atoms with Gasteiger partial charge in [0.25, 0.3) is 5.91 Å². The van der Waals surface area contributed by atoms with Crippen molar-refractivity contribution in [2.45, 2.75) is 44.4 Å². The van der Waals surface area contributed by atoms with Gasteiger partial charge in [-0.1, -0.05) is 49.7 Å². The Bertz CT molecular complexity index is 1290. The smallest absolute Gasteiger partial charge is 0.253 e. The lowest BCUT2D eigenvalue weighted by Crippen LogP contribution is -2.25. The van der Waals surface area contributed by atoms with Gasteiger partial charge in [0.15, 0.2) is 0 Å². The van der Waals surface area contributed by atoms with Gasteiger partial charge in [0.2, 0.25) is 0 Å². The fraction of sp³-hybridized carbons (Fsp3) is 0.296. The van der Waals surface area contributed by atoms with Gasteiger partial charge in [0.1, 0.15) is 0 Å². The van der Waals surface area contributed by atoms with Gasteiger partial charge in [-0.25, -0.2) is 0 Å². The van der Waals surface area contributed by atoms with Gasteiger partial charge in [-0.15, -0.1) is 0 Å². The minimum absolute atomic E-state index is 0.159. The second-order valence-electron chi connectivity index (χ2n) is 9.32. The molecule has 34 heavy (non-hydrogen) atoms. The molecule has 178 valence electrons. The zero-order valence-electron chi connectivity index (χ0n) is 19.8. The Morgan fingerprint density at radius 2 is 1.82 bits per heavy atom. The summed E-state index contributed by atoms with van der Waals surface area (Å²) >= 11 is 6.04. The Morgan fingerprint density at radius 3 is 2.44 bits per heavy atom. The first-order valence-electron chi connectivity index (χ1n) is 11.3. The first-order chi connectivity index (χ1) is 16.1. The van der Waals surface area contributed by atoms with E-state index in [-0.39, 0.29) is 11.9 Å². The lowest BCUT2D eigenvalue weighted by molar-refractivity contribution is 0.0950. The van der Waals surface area contributed by atoms with Crippen LogP contribution in [0.3, 0.4) is 0 Å². The second kappa shape index (κ2) is 9.90. The summed E-state index contributed by atoms with van der Waals surface area (Å²) in [6, 6.07) is 17.4. The molecule has 0 spiro atoms. The fourth-order valence-electron chi connectivity index (χ4n) is 4.42. The number of halogens is 1. The highest BCUT2D eigenvalue weighted by Gasteiger charge is 2.34. The summed E-state index contributed by atoms with van der Waals surface area (Å²) in [7, 11) is -2.24. The first kappa shape index (κ1) is 24.5. The minimum Gasteiger partial charge on any atom is -0.348 e. The van der Waals surface area contributed by atoms with E-state index >= 15 is 0 Å². The molecule has 0 aliphatic carbocycles. The summed E-state index contributed by atoms with van der Waals surface area (Å²) in [6.45, 7) is 6.33. The minimum atomic E-state index is -2.24. The number of rotatable bonds is 7. The van der Waals surface area contributed by atoms with Crippen molar-refractivity contribution in [2.75, 3.05) is 6.26 Å². The quantitative estimate of drug-likeness (QED) is 0.464. The molecule has 4 rings (SSSR count).